The molecule has 2 aliphatic rings. The summed E-state index contributed by atoms with van der Waals surface area (Å²) in [6, 6.07) is 19.0. The second-order valence-corrected chi connectivity index (χ2v) is 10.5. The van der Waals surface area contributed by atoms with Crippen LogP contribution < -0.4 is 16.2 Å². The predicted octanol–water partition coefficient (Wildman–Crippen LogP) is 6.14. The monoisotopic (exact) mass is 620 g/mol. The van der Waals surface area contributed by atoms with E-state index in [1.54, 1.807) is 18.0 Å². The van der Waals surface area contributed by atoms with Gasteiger partial charge in [0, 0.05) is 24.2 Å². The van der Waals surface area contributed by atoms with Crippen molar-refractivity contribution >= 4 is 5.82 Å². The summed E-state index contributed by atoms with van der Waals surface area (Å²) in [5.41, 5.74) is 13.4. The second-order valence-electron chi connectivity index (χ2n) is 10.5. The first-order chi connectivity index (χ1) is 22.2. The normalized spacial score (nSPS) is 16.3. The molecule has 1 fully saturated rings. The number of likely N-dealkylation sites (N-methyl/N-ethyl adjacent to an activating group) is 1. The Morgan fingerprint density at radius 1 is 0.913 bits per heavy atom. The van der Waals surface area contributed by atoms with E-state index in [4.69, 9.17) is 20.9 Å². The van der Waals surface area contributed by atoms with E-state index in [2.05, 4.69) is 17.1 Å². The van der Waals surface area contributed by atoms with Crippen LogP contribution in [0.3, 0.4) is 0 Å². The highest BCUT2D eigenvalue weighted by atomic mass is 19.1. The Balaban J connectivity index is 0.000000216. The predicted molar refractivity (Wildman–Crippen MR) is 165 cm³/mol. The maximum Gasteiger partial charge on any atom is 0.239 e. The summed E-state index contributed by atoms with van der Waals surface area (Å²) in [5, 5.41) is 38.0. The molecule has 10 nitrogen and oxygen atoms in total. The molecule has 1 atom stereocenters. The fourth-order valence-electron chi connectivity index (χ4n) is 5.65. The third kappa shape index (κ3) is 6.59. The van der Waals surface area contributed by atoms with Crippen LogP contribution in [0, 0.1) is 62.9 Å². The Morgan fingerprint density at radius 3 is 2.20 bits per heavy atom. The number of nitriles is 4. The van der Waals surface area contributed by atoms with E-state index in [0.717, 1.165) is 37.3 Å². The van der Waals surface area contributed by atoms with Crippen molar-refractivity contribution in [2.75, 3.05) is 19.9 Å². The molecule has 0 saturated heterocycles. The van der Waals surface area contributed by atoms with Gasteiger partial charge in [-0.25, -0.2) is 8.78 Å². The lowest BCUT2D eigenvalue weighted by Crippen LogP contribution is -2.44. The van der Waals surface area contributed by atoms with Gasteiger partial charge in [-0.1, -0.05) is 43.5 Å². The van der Waals surface area contributed by atoms with Crippen molar-refractivity contribution in [1.29, 1.82) is 21.0 Å². The van der Waals surface area contributed by atoms with Gasteiger partial charge in [-0.05, 0) is 42.5 Å². The van der Waals surface area contributed by atoms with Crippen molar-refractivity contribution in [3.63, 3.8) is 0 Å². The number of hydrogen-bond acceptors (Lipinski definition) is 10. The average Bonchev–Trinajstić information content (AvgIpc) is 3.06. The molecule has 0 radical (unpaired) electrons. The number of pyridine rings is 1. The Morgan fingerprint density at radius 2 is 1.61 bits per heavy atom. The van der Waals surface area contributed by atoms with Crippen LogP contribution in [0.25, 0.3) is 11.1 Å². The molecule has 0 spiro atoms. The number of halogens is 2. The van der Waals surface area contributed by atoms with Gasteiger partial charge in [-0.15, -0.1) is 0 Å². The fourth-order valence-corrected chi connectivity index (χ4v) is 5.65. The minimum absolute atomic E-state index is 0.0128. The zero-order chi connectivity index (χ0) is 33.4. The molecule has 5 rings (SSSR count). The highest BCUT2D eigenvalue weighted by molar-refractivity contribution is 5.82. The molecule has 0 amide bonds. The Hall–Kier alpha value is -5.95. The van der Waals surface area contributed by atoms with Gasteiger partial charge in [0.1, 0.15) is 64.3 Å². The lowest BCUT2D eigenvalue weighted by atomic mass is 9.77. The van der Waals surface area contributed by atoms with E-state index in [1.165, 1.54) is 49.9 Å². The van der Waals surface area contributed by atoms with Crippen molar-refractivity contribution in [3.05, 3.63) is 93.9 Å². The van der Waals surface area contributed by atoms with Gasteiger partial charge < -0.3 is 25.8 Å². The summed E-state index contributed by atoms with van der Waals surface area (Å²) >= 11 is 0. The highest BCUT2D eigenvalue weighted by Crippen LogP contribution is 2.40. The van der Waals surface area contributed by atoms with E-state index in [-0.39, 0.29) is 45.6 Å². The minimum Gasteiger partial charge on any atom is -0.481 e. The van der Waals surface area contributed by atoms with E-state index in [0.29, 0.717) is 17.0 Å². The van der Waals surface area contributed by atoms with Crippen LogP contribution in [0.2, 0.25) is 0 Å². The first kappa shape index (κ1) is 33.0. The van der Waals surface area contributed by atoms with Crippen LogP contribution >= 0.6 is 0 Å². The van der Waals surface area contributed by atoms with Gasteiger partial charge in [-0.2, -0.15) is 26.0 Å². The third-order valence-corrected chi connectivity index (χ3v) is 7.82. The number of anilines is 1. The van der Waals surface area contributed by atoms with Crippen molar-refractivity contribution in [2.24, 2.45) is 11.7 Å². The van der Waals surface area contributed by atoms with Gasteiger partial charge in [0.2, 0.25) is 11.8 Å². The molecule has 1 aliphatic heterocycles. The molecule has 2 aromatic carbocycles. The fraction of sp³-hybridized carbons (Fsp3) is 0.265. The maximum atomic E-state index is 14.3. The molecule has 1 unspecified atom stereocenters. The van der Waals surface area contributed by atoms with Gasteiger partial charge in [-0.3, -0.25) is 0 Å². The molecule has 1 aromatic heterocycles. The molecule has 1 saturated carbocycles. The third-order valence-electron chi connectivity index (χ3n) is 7.82. The van der Waals surface area contributed by atoms with Crippen molar-refractivity contribution in [2.45, 2.75) is 38.3 Å². The minimum atomic E-state index is -0.636. The Kier molecular flexibility index (Phi) is 10.5. The van der Waals surface area contributed by atoms with Crippen LogP contribution in [0.5, 0.6) is 11.6 Å². The van der Waals surface area contributed by atoms with Crippen molar-refractivity contribution in [3.8, 4) is 47.0 Å². The molecule has 1 aliphatic carbocycles. The van der Waals surface area contributed by atoms with E-state index in [9.17, 15) is 29.8 Å². The first-order valence-electron chi connectivity index (χ1n) is 14.3. The van der Waals surface area contributed by atoms with Crippen LogP contribution in [0.4, 0.5) is 14.6 Å². The average molecular weight is 621 g/mol. The van der Waals surface area contributed by atoms with Gasteiger partial charge >= 0.3 is 0 Å². The van der Waals surface area contributed by atoms with E-state index in [1.807, 2.05) is 12.1 Å². The van der Waals surface area contributed by atoms with Gasteiger partial charge in [0.15, 0.2) is 0 Å². The number of nitrogen functional groups attached to an aromatic ring is 1. The van der Waals surface area contributed by atoms with Gasteiger partial charge in [0.05, 0.1) is 18.8 Å². The van der Waals surface area contributed by atoms with Crippen LogP contribution in [-0.2, 0) is 4.74 Å². The number of methoxy groups -OCH3 is 1. The molecule has 232 valence electrons. The first-order valence-corrected chi connectivity index (χ1v) is 14.3. The molecule has 4 N–H and O–H groups in total. The van der Waals surface area contributed by atoms with Crippen LogP contribution in [0.1, 0.15) is 43.2 Å². The highest BCUT2D eigenvalue weighted by Gasteiger charge is 2.36. The lowest BCUT2D eigenvalue weighted by molar-refractivity contribution is 0.145. The maximum absolute atomic E-state index is 14.3. The number of rotatable bonds is 5. The lowest BCUT2D eigenvalue weighted by Gasteiger charge is -2.36. The van der Waals surface area contributed by atoms with E-state index >= 15 is 0 Å². The summed E-state index contributed by atoms with van der Waals surface area (Å²) in [6.45, 7) is 0. The second kappa shape index (κ2) is 14.7. The molecular formula is C34H30F2N8O2. The molecule has 3 aromatic rings. The van der Waals surface area contributed by atoms with Gasteiger partial charge in [0.25, 0.3) is 0 Å². The standard InChI is InChI=1S/C19H10F2N4O.C15H20N4O/c20-11-4-3-5-12(8-11)26-19-15(10-23)17(14(9-22)18(24)25-19)13-6-1-2-7-16(13)21;1-19-14(18)11(8-16)13(10-6-4-3-5-7-10)12(9-17)15(19)20-2/h1-8H,(H2,24,25);10,14H,3-7,18H2,1-2H3. The molecular weight excluding hydrogens is 590 g/mol. The molecule has 12 heteroatoms. The summed E-state index contributed by atoms with van der Waals surface area (Å²) in [6.07, 6.45) is 4.99. The smallest absolute Gasteiger partial charge is 0.239 e. The molecule has 46 heavy (non-hydrogen) atoms. The molecule has 0 bridgehead atoms. The Bertz CT molecular complexity index is 1870. The number of nitrogens with zero attached hydrogens (tertiary/aromatic N) is 6. The topological polar surface area (TPSA) is 182 Å². The quantitative estimate of drug-likeness (QED) is 0.336. The summed E-state index contributed by atoms with van der Waals surface area (Å²) in [5.74, 6) is -0.848. The van der Waals surface area contributed by atoms with Crippen molar-refractivity contribution in [1.82, 2.24) is 9.88 Å². The van der Waals surface area contributed by atoms with E-state index < -0.39 is 17.8 Å². The summed E-state index contributed by atoms with van der Waals surface area (Å²) < 4.78 is 38.5. The van der Waals surface area contributed by atoms with Crippen molar-refractivity contribution < 1.29 is 18.3 Å². The number of aromatic nitrogens is 1. The van der Waals surface area contributed by atoms with Crippen LogP contribution in [-0.4, -0.2) is 30.2 Å². The number of nitrogens with two attached hydrogens (primary N) is 2. The number of allylic oxidation sites excluding steroid dienone is 2. The largest absolute Gasteiger partial charge is 0.481 e. The summed E-state index contributed by atoms with van der Waals surface area (Å²) in [4.78, 5) is 5.58. The zero-order valence-corrected chi connectivity index (χ0v) is 25.2. The zero-order valence-electron chi connectivity index (χ0n) is 25.2. The van der Waals surface area contributed by atoms with Crippen LogP contribution in [0.15, 0.2) is 71.1 Å². The Labute approximate surface area is 265 Å². The summed E-state index contributed by atoms with van der Waals surface area (Å²) in [7, 11) is 3.28. The number of ether oxygens (including phenoxy) is 2. The SMILES string of the molecule is COC1=C(C#N)C(C2CCCCC2)=C(C#N)C(N)N1C.N#Cc1c(N)nc(Oc2cccc(F)c2)c(C#N)c1-c1ccccc1F. The molecule has 2 heterocycles. The number of hydrogen-bond donors (Lipinski definition) is 2. The number of benzene rings is 2.